The van der Waals surface area contributed by atoms with Crippen molar-refractivity contribution in [1.29, 1.82) is 0 Å². The van der Waals surface area contributed by atoms with E-state index >= 15 is 0 Å². The number of rotatable bonds is 7. The predicted molar refractivity (Wildman–Crippen MR) is 80.8 cm³/mol. The van der Waals surface area contributed by atoms with Crippen molar-refractivity contribution in [3.63, 3.8) is 0 Å². The Balaban J connectivity index is 1.87. The molecule has 1 heterocycles. The van der Waals surface area contributed by atoms with Gasteiger partial charge in [-0.2, -0.15) is 0 Å². The van der Waals surface area contributed by atoms with Crippen LogP contribution < -0.4 is 10.5 Å². The van der Waals surface area contributed by atoms with Gasteiger partial charge >= 0.3 is 0 Å². The summed E-state index contributed by atoms with van der Waals surface area (Å²) >= 11 is 0. The van der Waals surface area contributed by atoms with Crippen molar-refractivity contribution in [2.75, 3.05) is 13.2 Å². The van der Waals surface area contributed by atoms with Crippen LogP contribution >= 0.6 is 0 Å². The summed E-state index contributed by atoms with van der Waals surface area (Å²) < 4.78 is 5.71. The van der Waals surface area contributed by atoms with E-state index in [0.717, 1.165) is 23.1 Å². The Morgan fingerprint density at radius 2 is 2.20 bits per heavy atom. The van der Waals surface area contributed by atoms with Crippen LogP contribution in [0, 0.1) is 0 Å². The van der Waals surface area contributed by atoms with Crippen LogP contribution in [0.1, 0.15) is 26.2 Å². The van der Waals surface area contributed by atoms with Gasteiger partial charge in [0.15, 0.2) is 0 Å². The maximum Gasteiger partial charge on any atom is 0.121 e. The molecule has 108 valence electrons. The number of benzene rings is 1. The van der Waals surface area contributed by atoms with E-state index in [-0.39, 0.29) is 0 Å². The van der Waals surface area contributed by atoms with Crippen molar-refractivity contribution in [3.05, 3.63) is 36.5 Å². The molecule has 0 aliphatic heterocycles. The van der Waals surface area contributed by atoms with Crippen LogP contribution in [0.25, 0.3) is 10.9 Å². The number of aromatic nitrogens is 1. The first-order valence-electron chi connectivity index (χ1n) is 7.07. The highest BCUT2D eigenvalue weighted by Gasteiger charge is 2.21. The number of hydrogen-bond acceptors (Lipinski definition) is 4. The molecule has 1 aromatic heterocycles. The molecule has 4 nitrogen and oxygen atoms in total. The lowest BCUT2D eigenvalue weighted by atomic mass is 9.95. The second-order valence-corrected chi connectivity index (χ2v) is 5.09. The van der Waals surface area contributed by atoms with E-state index in [1.54, 1.807) is 6.20 Å². The molecule has 1 unspecified atom stereocenters. The summed E-state index contributed by atoms with van der Waals surface area (Å²) in [5.41, 5.74) is 5.75. The third kappa shape index (κ3) is 3.68. The zero-order valence-corrected chi connectivity index (χ0v) is 11.9. The largest absolute Gasteiger partial charge is 0.494 e. The fourth-order valence-electron chi connectivity index (χ4n) is 2.15. The quantitative estimate of drug-likeness (QED) is 0.761. The van der Waals surface area contributed by atoms with Crippen LogP contribution in [0.15, 0.2) is 36.5 Å². The van der Waals surface area contributed by atoms with Gasteiger partial charge in [0.05, 0.1) is 17.7 Å². The summed E-state index contributed by atoms with van der Waals surface area (Å²) in [6, 6.07) is 9.82. The fourth-order valence-corrected chi connectivity index (χ4v) is 2.15. The summed E-state index contributed by atoms with van der Waals surface area (Å²) in [5, 5.41) is 11.2. The van der Waals surface area contributed by atoms with Gasteiger partial charge in [-0.3, -0.25) is 4.98 Å². The van der Waals surface area contributed by atoms with Crippen LogP contribution in [0.5, 0.6) is 5.75 Å². The lowest BCUT2D eigenvalue weighted by molar-refractivity contribution is 0.0309. The van der Waals surface area contributed by atoms with Crippen LogP contribution in [-0.2, 0) is 0 Å². The highest BCUT2D eigenvalue weighted by molar-refractivity contribution is 5.79. The van der Waals surface area contributed by atoms with E-state index in [1.165, 1.54) is 0 Å². The second-order valence-electron chi connectivity index (χ2n) is 5.09. The van der Waals surface area contributed by atoms with E-state index in [0.29, 0.717) is 26.0 Å². The van der Waals surface area contributed by atoms with Crippen LogP contribution in [0.4, 0.5) is 0 Å². The highest BCUT2D eigenvalue weighted by atomic mass is 16.5. The summed E-state index contributed by atoms with van der Waals surface area (Å²) in [4.78, 5) is 4.30. The van der Waals surface area contributed by atoms with Crippen molar-refractivity contribution >= 4 is 10.9 Å². The van der Waals surface area contributed by atoms with E-state index in [9.17, 15) is 5.11 Å². The molecule has 0 fully saturated rings. The van der Waals surface area contributed by atoms with Crippen molar-refractivity contribution in [2.45, 2.75) is 31.8 Å². The standard InChI is InChI=1S/C16H22N2O2/c1-2-16(19,12-17)8-4-10-20-14-7-6-13-5-3-9-18-15(13)11-14/h3,5-7,9,11,19H,2,4,8,10,12,17H2,1H3. The van der Waals surface area contributed by atoms with Gasteiger partial charge in [-0.1, -0.05) is 13.0 Å². The number of nitrogens with zero attached hydrogens (tertiary/aromatic N) is 1. The monoisotopic (exact) mass is 274 g/mol. The summed E-state index contributed by atoms with van der Waals surface area (Å²) in [5.74, 6) is 0.809. The highest BCUT2D eigenvalue weighted by Crippen LogP contribution is 2.20. The third-order valence-corrected chi connectivity index (χ3v) is 3.67. The van der Waals surface area contributed by atoms with Gasteiger partial charge in [0, 0.05) is 24.2 Å². The molecule has 2 aromatic rings. The molecule has 0 saturated carbocycles. The number of ether oxygens (including phenoxy) is 1. The molecule has 2 rings (SSSR count). The van der Waals surface area contributed by atoms with Gasteiger partial charge in [0.25, 0.3) is 0 Å². The van der Waals surface area contributed by atoms with Gasteiger partial charge in [-0.15, -0.1) is 0 Å². The Morgan fingerprint density at radius 1 is 1.35 bits per heavy atom. The Morgan fingerprint density at radius 3 is 2.95 bits per heavy atom. The fraction of sp³-hybridized carbons (Fsp3) is 0.438. The average Bonchev–Trinajstić information content (AvgIpc) is 2.51. The maximum absolute atomic E-state index is 10.1. The number of pyridine rings is 1. The Bertz CT molecular complexity index is 553. The molecule has 0 aliphatic carbocycles. The van der Waals surface area contributed by atoms with Gasteiger partial charge in [0.2, 0.25) is 0 Å². The lowest BCUT2D eigenvalue weighted by Crippen LogP contribution is -2.37. The molecule has 0 amide bonds. The minimum Gasteiger partial charge on any atom is -0.494 e. The Labute approximate surface area is 119 Å². The molecule has 0 saturated heterocycles. The molecule has 1 atom stereocenters. The minimum absolute atomic E-state index is 0.295. The first kappa shape index (κ1) is 14.8. The van der Waals surface area contributed by atoms with Crippen molar-refractivity contribution in [3.8, 4) is 5.75 Å². The molecule has 0 radical (unpaired) electrons. The predicted octanol–water partition coefficient (Wildman–Crippen LogP) is 2.49. The normalized spacial score (nSPS) is 14.2. The van der Waals surface area contributed by atoms with Crippen molar-refractivity contribution < 1.29 is 9.84 Å². The number of hydrogen-bond donors (Lipinski definition) is 2. The van der Waals surface area contributed by atoms with Gasteiger partial charge < -0.3 is 15.6 Å². The molecule has 20 heavy (non-hydrogen) atoms. The first-order valence-corrected chi connectivity index (χ1v) is 7.07. The molecule has 4 heteroatoms. The number of aliphatic hydroxyl groups is 1. The molecule has 0 aliphatic rings. The molecule has 0 bridgehead atoms. The van der Waals surface area contributed by atoms with Gasteiger partial charge in [-0.05, 0) is 37.5 Å². The van der Waals surface area contributed by atoms with Crippen LogP contribution in [0.2, 0.25) is 0 Å². The van der Waals surface area contributed by atoms with Crippen LogP contribution in [0.3, 0.4) is 0 Å². The molecular weight excluding hydrogens is 252 g/mol. The molecule has 3 N–H and O–H groups in total. The zero-order valence-electron chi connectivity index (χ0n) is 11.9. The summed E-state index contributed by atoms with van der Waals surface area (Å²) in [6.07, 6.45) is 3.88. The maximum atomic E-state index is 10.1. The lowest BCUT2D eigenvalue weighted by Gasteiger charge is -2.24. The molecule has 0 spiro atoms. The van der Waals surface area contributed by atoms with Gasteiger partial charge in [0.1, 0.15) is 5.75 Å². The average molecular weight is 274 g/mol. The van der Waals surface area contributed by atoms with E-state index in [2.05, 4.69) is 4.98 Å². The van der Waals surface area contributed by atoms with Crippen molar-refractivity contribution in [2.24, 2.45) is 5.73 Å². The third-order valence-electron chi connectivity index (χ3n) is 3.67. The SMILES string of the molecule is CCC(O)(CN)CCCOc1ccc2cccnc2c1. The van der Waals surface area contributed by atoms with Gasteiger partial charge in [-0.25, -0.2) is 0 Å². The minimum atomic E-state index is -0.756. The zero-order chi connectivity index (χ0) is 14.4. The first-order chi connectivity index (χ1) is 9.67. The van der Waals surface area contributed by atoms with E-state index in [1.807, 2.05) is 37.3 Å². The summed E-state index contributed by atoms with van der Waals surface area (Å²) in [6.45, 7) is 2.81. The molecular formula is C16H22N2O2. The number of nitrogens with two attached hydrogens (primary N) is 1. The number of fused-ring (bicyclic) bond motifs is 1. The van der Waals surface area contributed by atoms with E-state index < -0.39 is 5.60 Å². The smallest absolute Gasteiger partial charge is 0.121 e. The Kier molecular flexibility index (Phi) is 4.93. The molecule has 1 aromatic carbocycles. The van der Waals surface area contributed by atoms with Crippen molar-refractivity contribution in [1.82, 2.24) is 4.98 Å². The Hall–Kier alpha value is -1.65. The van der Waals surface area contributed by atoms with Crippen LogP contribution in [-0.4, -0.2) is 28.8 Å². The summed E-state index contributed by atoms with van der Waals surface area (Å²) in [7, 11) is 0. The van der Waals surface area contributed by atoms with E-state index in [4.69, 9.17) is 10.5 Å². The second kappa shape index (κ2) is 6.68. The topological polar surface area (TPSA) is 68.4 Å².